The third kappa shape index (κ3) is 4.55. The quantitative estimate of drug-likeness (QED) is 0.708. The highest BCUT2D eigenvalue weighted by Gasteiger charge is 2.41. The largest absolute Gasteiger partial charge is 0.490 e. The predicted molar refractivity (Wildman–Crippen MR) is 99.6 cm³/mol. The molecule has 0 aliphatic heterocycles. The number of methoxy groups -OCH3 is 1. The maximum Gasteiger partial charge on any atom is 0.341 e. The third-order valence-corrected chi connectivity index (χ3v) is 4.85. The first-order valence-electron chi connectivity index (χ1n) is 9.30. The molecule has 1 atom stereocenters. The number of ether oxygens (including phenoxy) is 3. The lowest BCUT2D eigenvalue weighted by Gasteiger charge is -2.26. The first kappa shape index (κ1) is 20.2. The SMILES string of the molecule is CCOC(=O)c1cc(NC(=O)C2(OC)CCCC2)ccc1O[C@@H](C)CC. The highest BCUT2D eigenvalue weighted by atomic mass is 16.5. The van der Waals surface area contributed by atoms with Crippen LogP contribution in [0.1, 0.15) is 63.2 Å². The van der Waals surface area contributed by atoms with Crippen LogP contribution in [0.25, 0.3) is 0 Å². The molecule has 1 aliphatic carbocycles. The van der Waals surface area contributed by atoms with Crippen molar-refractivity contribution in [1.82, 2.24) is 0 Å². The molecule has 26 heavy (non-hydrogen) atoms. The van der Waals surface area contributed by atoms with E-state index in [0.717, 1.165) is 19.3 Å². The number of rotatable bonds is 8. The van der Waals surface area contributed by atoms with E-state index in [0.29, 0.717) is 29.8 Å². The van der Waals surface area contributed by atoms with Gasteiger partial charge in [-0.1, -0.05) is 6.92 Å². The smallest absolute Gasteiger partial charge is 0.341 e. The van der Waals surface area contributed by atoms with E-state index in [9.17, 15) is 9.59 Å². The van der Waals surface area contributed by atoms with E-state index in [1.165, 1.54) is 0 Å². The molecule has 0 aromatic heterocycles. The molecular weight excluding hydrogens is 334 g/mol. The average molecular weight is 363 g/mol. The van der Waals surface area contributed by atoms with Gasteiger partial charge in [0.1, 0.15) is 16.9 Å². The molecule has 2 rings (SSSR count). The van der Waals surface area contributed by atoms with Crippen LogP contribution in [0.5, 0.6) is 5.75 Å². The second-order valence-corrected chi connectivity index (χ2v) is 6.63. The van der Waals surface area contributed by atoms with Crippen LogP contribution in [-0.4, -0.2) is 37.3 Å². The van der Waals surface area contributed by atoms with Crippen LogP contribution in [0.4, 0.5) is 5.69 Å². The summed E-state index contributed by atoms with van der Waals surface area (Å²) >= 11 is 0. The highest BCUT2D eigenvalue weighted by molar-refractivity contribution is 5.99. The van der Waals surface area contributed by atoms with E-state index < -0.39 is 11.6 Å². The second-order valence-electron chi connectivity index (χ2n) is 6.63. The summed E-state index contributed by atoms with van der Waals surface area (Å²) in [6, 6.07) is 5.03. The number of hydrogen-bond donors (Lipinski definition) is 1. The number of carbonyl (C=O) groups excluding carboxylic acids is 2. The lowest BCUT2D eigenvalue weighted by atomic mass is 10.0. The maximum absolute atomic E-state index is 12.7. The Bertz CT molecular complexity index is 637. The lowest BCUT2D eigenvalue weighted by Crippen LogP contribution is -2.42. The fourth-order valence-electron chi connectivity index (χ4n) is 3.09. The zero-order valence-electron chi connectivity index (χ0n) is 16.1. The van der Waals surface area contributed by atoms with Gasteiger partial charge in [-0.05, 0) is 64.2 Å². The van der Waals surface area contributed by atoms with Crippen molar-refractivity contribution in [3.8, 4) is 5.75 Å². The fraction of sp³-hybridized carbons (Fsp3) is 0.600. The Kier molecular flexibility index (Phi) is 7.03. The number of anilines is 1. The van der Waals surface area contributed by atoms with Gasteiger partial charge >= 0.3 is 5.97 Å². The summed E-state index contributed by atoms with van der Waals surface area (Å²) in [4.78, 5) is 25.0. The molecule has 1 aliphatic rings. The van der Waals surface area contributed by atoms with Gasteiger partial charge in [0.2, 0.25) is 0 Å². The van der Waals surface area contributed by atoms with Crippen LogP contribution < -0.4 is 10.1 Å². The third-order valence-electron chi connectivity index (χ3n) is 4.85. The molecule has 0 spiro atoms. The van der Waals surface area contributed by atoms with Crippen molar-refractivity contribution in [2.24, 2.45) is 0 Å². The molecule has 6 nitrogen and oxygen atoms in total. The van der Waals surface area contributed by atoms with Crippen molar-refractivity contribution in [3.63, 3.8) is 0 Å². The Morgan fingerprint density at radius 3 is 2.50 bits per heavy atom. The topological polar surface area (TPSA) is 73.9 Å². The molecule has 1 aromatic rings. The molecule has 0 saturated heterocycles. The van der Waals surface area contributed by atoms with Gasteiger partial charge < -0.3 is 19.5 Å². The second kappa shape index (κ2) is 9.03. The summed E-state index contributed by atoms with van der Waals surface area (Å²) in [5, 5.41) is 2.88. The maximum atomic E-state index is 12.7. The summed E-state index contributed by atoms with van der Waals surface area (Å²) in [5.41, 5.74) is 0.0522. The van der Waals surface area contributed by atoms with Crippen LogP contribution in [-0.2, 0) is 14.3 Å². The first-order chi connectivity index (χ1) is 12.5. The predicted octanol–water partition coefficient (Wildman–Crippen LogP) is 3.94. The molecule has 0 unspecified atom stereocenters. The highest BCUT2D eigenvalue weighted by Crippen LogP contribution is 2.34. The molecule has 0 heterocycles. The van der Waals surface area contributed by atoms with Crippen LogP contribution in [0.15, 0.2) is 18.2 Å². The van der Waals surface area contributed by atoms with Crippen molar-refractivity contribution in [1.29, 1.82) is 0 Å². The molecular formula is C20H29NO5. The van der Waals surface area contributed by atoms with E-state index in [1.54, 1.807) is 32.2 Å². The number of carbonyl (C=O) groups is 2. The van der Waals surface area contributed by atoms with Gasteiger partial charge in [0, 0.05) is 12.8 Å². The van der Waals surface area contributed by atoms with Crippen LogP contribution >= 0.6 is 0 Å². The summed E-state index contributed by atoms with van der Waals surface area (Å²) < 4.78 is 16.5. The monoisotopic (exact) mass is 363 g/mol. The summed E-state index contributed by atoms with van der Waals surface area (Å²) in [6.45, 7) is 5.97. The lowest BCUT2D eigenvalue weighted by molar-refractivity contribution is -0.137. The number of benzene rings is 1. The molecule has 1 fully saturated rings. The van der Waals surface area contributed by atoms with E-state index in [2.05, 4.69) is 5.32 Å². The van der Waals surface area contributed by atoms with E-state index in [-0.39, 0.29) is 18.6 Å². The van der Waals surface area contributed by atoms with Crippen molar-refractivity contribution in [3.05, 3.63) is 23.8 Å². The molecule has 6 heteroatoms. The molecule has 0 bridgehead atoms. The Labute approximate surface area is 155 Å². The molecule has 0 radical (unpaired) electrons. The Morgan fingerprint density at radius 1 is 1.23 bits per heavy atom. The van der Waals surface area contributed by atoms with Crippen molar-refractivity contribution < 1.29 is 23.8 Å². The van der Waals surface area contributed by atoms with Crippen LogP contribution in [0.2, 0.25) is 0 Å². The van der Waals surface area contributed by atoms with Gasteiger partial charge in [0.15, 0.2) is 0 Å². The normalized spacial score (nSPS) is 16.8. The summed E-state index contributed by atoms with van der Waals surface area (Å²) in [7, 11) is 1.57. The Balaban J connectivity index is 2.25. The van der Waals surface area contributed by atoms with Gasteiger partial charge in [-0.25, -0.2) is 4.79 Å². The summed E-state index contributed by atoms with van der Waals surface area (Å²) in [5.74, 6) is -0.190. The van der Waals surface area contributed by atoms with Crippen LogP contribution in [0.3, 0.4) is 0 Å². The average Bonchev–Trinajstić information content (AvgIpc) is 3.13. The van der Waals surface area contributed by atoms with E-state index in [4.69, 9.17) is 14.2 Å². The number of esters is 1. The molecule has 1 N–H and O–H groups in total. The molecule has 1 aromatic carbocycles. The minimum Gasteiger partial charge on any atom is -0.490 e. The Morgan fingerprint density at radius 2 is 1.92 bits per heavy atom. The number of hydrogen-bond acceptors (Lipinski definition) is 5. The van der Waals surface area contributed by atoms with E-state index >= 15 is 0 Å². The molecule has 1 saturated carbocycles. The van der Waals surface area contributed by atoms with Crippen molar-refractivity contribution in [2.75, 3.05) is 19.0 Å². The van der Waals surface area contributed by atoms with Crippen molar-refractivity contribution in [2.45, 2.75) is 64.6 Å². The van der Waals surface area contributed by atoms with Gasteiger partial charge in [-0.2, -0.15) is 0 Å². The van der Waals surface area contributed by atoms with Gasteiger partial charge in [-0.3, -0.25) is 4.79 Å². The first-order valence-corrected chi connectivity index (χ1v) is 9.30. The van der Waals surface area contributed by atoms with Gasteiger partial charge in [0.25, 0.3) is 5.91 Å². The minimum atomic E-state index is -0.782. The fourth-order valence-corrected chi connectivity index (χ4v) is 3.09. The van der Waals surface area contributed by atoms with Crippen LogP contribution in [0, 0.1) is 0 Å². The van der Waals surface area contributed by atoms with Gasteiger partial charge in [-0.15, -0.1) is 0 Å². The number of nitrogens with one attached hydrogen (secondary N) is 1. The zero-order chi connectivity index (χ0) is 19.2. The minimum absolute atomic E-state index is 0.0288. The van der Waals surface area contributed by atoms with Crippen molar-refractivity contribution >= 4 is 17.6 Å². The van der Waals surface area contributed by atoms with Gasteiger partial charge in [0.05, 0.1) is 12.7 Å². The summed E-state index contributed by atoms with van der Waals surface area (Å²) in [6.07, 6.45) is 4.13. The molecule has 144 valence electrons. The number of amides is 1. The molecule has 1 amide bonds. The zero-order valence-corrected chi connectivity index (χ0v) is 16.1. The Hall–Kier alpha value is -2.08. The standard InChI is InChI=1S/C20H29NO5/c1-5-14(3)26-17-10-9-15(13-16(17)18(22)25-6-2)21-19(23)20(24-4)11-7-8-12-20/h9-10,13-14H,5-8,11-12H2,1-4H3,(H,21,23)/t14-/m0/s1. The van der Waals surface area contributed by atoms with E-state index in [1.807, 2.05) is 13.8 Å².